The van der Waals surface area contributed by atoms with E-state index < -0.39 is 0 Å². The van der Waals surface area contributed by atoms with Crippen molar-refractivity contribution in [3.8, 4) is 5.88 Å². The summed E-state index contributed by atoms with van der Waals surface area (Å²) in [5.74, 6) is 1.61. The van der Waals surface area contributed by atoms with Crippen molar-refractivity contribution < 1.29 is 4.74 Å². The minimum absolute atomic E-state index is 0.0299. The second kappa shape index (κ2) is 4.32. The minimum Gasteiger partial charge on any atom is -0.474 e. The number of hydrogen-bond donors (Lipinski definition) is 1. The first-order chi connectivity index (χ1) is 7.53. The highest BCUT2D eigenvalue weighted by Crippen LogP contribution is 2.25. The molecule has 0 bridgehead atoms. The summed E-state index contributed by atoms with van der Waals surface area (Å²) >= 11 is 0. The van der Waals surface area contributed by atoms with E-state index in [1.54, 1.807) is 0 Å². The lowest BCUT2D eigenvalue weighted by molar-refractivity contribution is 0.115. The molecule has 0 amide bonds. The van der Waals surface area contributed by atoms with E-state index in [0.29, 0.717) is 6.10 Å². The van der Waals surface area contributed by atoms with Crippen molar-refractivity contribution in [1.29, 1.82) is 0 Å². The summed E-state index contributed by atoms with van der Waals surface area (Å²) in [6.45, 7) is 6.36. The Bertz CT molecular complexity index is 353. The largest absolute Gasteiger partial charge is 0.474 e. The van der Waals surface area contributed by atoms with Crippen molar-refractivity contribution in [3.63, 3.8) is 0 Å². The first-order valence-corrected chi connectivity index (χ1v) is 5.95. The van der Waals surface area contributed by atoms with Crippen LogP contribution in [0.25, 0.3) is 0 Å². The van der Waals surface area contributed by atoms with Crippen LogP contribution in [0.5, 0.6) is 5.88 Å². The number of ether oxygens (including phenoxy) is 1. The second-order valence-corrected chi connectivity index (χ2v) is 5.41. The van der Waals surface area contributed by atoms with Gasteiger partial charge < -0.3 is 10.1 Å². The normalized spacial score (nSPS) is 16.7. The van der Waals surface area contributed by atoms with Gasteiger partial charge in [0.15, 0.2) is 0 Å². The second-order valence-electron chi connectivity index (χ2n) is 5.41. The Labute approximate surface area is 97.2 Å². The van der Waals surface area contributed by atoms with Crippen molar-refractivity contribution in [1.82, 2.24) is 4.98 Å². The van der Waals surface area contributed by atoms with Crippen LogP contribution in [-0.2, 0) is 0 Å². The van der Waals surface area contributed by atoms with Crippen LogP contribution in [-0.4, -0.2) is 16.6 Å². The summed E-state index contributed by atoms with van der Waals surface area (Å²) in [4.78, 5) is 4.45. The molecule has 3 nitrogen and oxygen atoms in total. The van der Waals surface area contributed by atoms with Gasteiger partial charge in [0.25, 0.3) is 0 Å². The van der Waals surface area contributed by atoms with Crippen molar-refractivity contribution >= 4 is 5.82 Å². The van der Waals surface area contributed by atoms with Crippen LogP contribution in [0.4, 0.5) is 5.82 Å². The van der Waals surface area contributed by atoms with E-state index in [0.717, 1.165) is 11.7 Å². The van der Waals surface area contributed by atoms with Crippen LogP contribution in [0.2, 0.25) is 0 Å². The fourth-order valence-corrected chi connectivity index (χ4v) is 1.59. The summed E-state index contributed by atoms with van der Waals surface area (Å²) in [7, 11) is 0. The third kappa shape index (κ3) is 3.12. The van der Waals surface area contributed by atoms with Gasteiger partial charge in [-0.2, -0.15) is 4.98 Å². The Morgan fingerprint density at radius 3 is 2.62 bits per heavy atom. The number of nitrogens with zero attached hydrogens (tertiary/aromatic N) is 1. The number of anilines is 1. The fraction of sp³-hybridized carbons (Fsp3) is 0.615. The van der Waals surface area contributed by atoms with Gasteiger partial charge in [0.1, 0.15) is 11.9 Å². The van der Waals surface area contributed by atoms with E-state index in [2.05, 4.69) is 31.1 Å². The highest BCUT2D eigenvalue weighted by atomic mass is 16.5. The lowest BCUT2D eigenvalue weighted by Crippen LogP contribution is -2.27. The molecule has 0 saturated heterocycles. The van der Waals surface area contributed by atoms with Crippen LogP contribution >= 0.6 is 0 Å². The predicted molar refractivity (Wildman–Crippen MR) is 65.9 cm³/mol. The molecule has 0 aliphatic heterocycles. The van der Waals surface area contributed by atoms with E-state index >= 15 is 0 Å². The quantitative estimate of drug-likeness (QED) is 0.849. The maximum Gasteiger partial charge on any atom is 0.215 e. The minimum atomic E-state index is 0.0299. The summed E-state index contributed by atoms with van der Waals surface area (Å²) in [6.07, 6.45) is 4.00. The van der Waals surface area contributed by atoms with E-state index in [9.17, 15) is 0 Å². The highest BCUT2D eigenvalue weighted by Gasteiger charge is 2.19. The zero-order valence-electron chi connectivity index (χ0n) is 10.3. The molecule has 1 saturated carbocycles. The van der Waals surface area contributed by atoms with Gasteiger partial charge >= 0.3 is 0 Å². The molecule has 3 heteroatoms. The molecule has 1 aromatic rings. The van der Waals surface area contributed by atoms with Crippen LogP contribution in [0, 0.1) is 0 Å². The molecule has 1 aliphatic carbocycles. The average molecular weight is 220 g/mol. The first kappa shape index (κ1) is 11.2. The van der Waals surface area contributed by atoms with Crippen LogP contribution in [0.1, 0.15) is 40.0 Å². The fourth-order valence-electron chi connectivity index (χ4n) is 1.59. The standard InChI is InChI=1S/C13H20N2O/c1-13(2,3)15-11-8-5-9-12(14-11)16-10-6-4-7-10/h5,8-10H,4,6-7H2,1-3H3,(H,14,15). The first-order valence-electron chi connectivity index (χ1n) is 5.95. The third-order valence-electron chi connectivity index (χ3n) is 2.57. The van der Waals surface area contributed by atoms with E-state index in [1.165, 1.54) is 19.3 Å². The number of aromatic nitrogens is 1. The van der Waals surface area contributed by atoms with Crippen molar-refractivity contribution in [2.75, 3.05) is 5.32 Å². The Hall–Kier alpha value is -1.25. The zero-order chi connectivity index (χ0) is 11.6. The van der Waals surface area contributed by atoms with Gasteiger partial charge in [0, 0.05) is 11.6 Å². The molecule has 0 radical (unpaired) electrons. The van der Waals surface area contributed by atoms with Crippen LogP contribution in [0.15, 0.2) is 18.2 Å². The summed E-state index contributed by atoms with van der Waals surface area (Å²) in [6, 6.07) is 5.88. The number of rotatable bonds is 3. The maximum absolute atomic E-state index is 5.75. The van der Waals surface area contributed by atoms with E-state index in [1.807, 2.05) is 18.2 Å². The Morgan fingerprint density at radius 2 is 2.06 bits per heavy atom. The summed E-state index contributed by atoms with van der Waals surface area (Å²) < 4.78 is 5.75. The molecule has 0 aromatic carbocycles. The molecule has 1 N–H and O–H groups in total. The molecule has 0 unspecified atom stereocenters. The predicted octanol–water partition coefficient (Wildman–Crippen LogP) is 3.22. The van der Waals surface area contributed by atoms with Crippen molar-refractivity contribution in [3.05, 3.63) is 18.2 Å². The molecular formula is C13H20N2O. The summed E-state index contributed by atoms with van der Waals surface area (Å²) in [5.41, 5.74) is 0.0299. The highest BCUT2D eigenvalue weighted by molar-refractivity contribution is 5.39. The smallest absolute Gasteiger partial charge is 0.215 e. The topological polar surface area (TPSA) is 34.1 Å². The van der Waals surface area contributed by atoms with E-state index in [4.69, 9.17) is 4.74 Å². The van der Waals surface area contributed by atoms with Crippen molar-refractivity contribution in [2.45, 2.75) is 51.7 Å². The molecular weight excluding hydrogens is 200 g/mol. The molecule has 1 fully saturated rings. The Balaban J connectivity index is 2.00. The Kier molecular flexibility index (Phi) is 3.03. The molecule has 1 aliphatic rings. The van der Waals surface area contributed by atoms with Gasteiger partial charge in [-0.05, 0) is 46.1 Å². The maximum atomic E-state index is 5.75. The third-order valence-corrected chi connectivity index (χ3v) is 2.57. The van der Waals surface area contributed by atoms with Gasteiger partial charge in [0.05, 0.1) is 0 Å². The van der Waals surface area contributed by atoms with Crippen LogP contribution in [0.3, 0.4) is 0 Å². The SMILES string of the molecule is CC(C)(C)Nc1cccc(OC2CCC2)n1. The molecule has 1 aromatic heterocycles. The average Bonchev–Trinajstić information content (AvgIpc) is 2.09. The lowest BCUT2D eigenvalue weighted by atomic mass is 9.96. The van der Waals surface area contributed by atoms with Gasteiger partial charge in [0.2, 0.25) is 5.88 Å². The lowest BCUT2D eigenvalue weighted by Gasteiger charge is -2.26. The molecule has 88 valence electrons. The van der Waals surface area contributed by atoms with E-state index in [-0.39, 0.29) is 5.54 Å². The monoisotopic (exact) mass is 220 g/mol. The zero-order valence-corrected chi connectivity index (χ0v) is 10.3. The van der Waals surface area contributed by atoms with Gasteiger partial charge in [-0.25, -0.2) is 0 Å². The summed E-state index contributed by atoms with van der Waals surface area (Å²) in [5, 5.41) is 3.34. The van der Waals surface area contributed by atoms with Crippen molar-refractivity contribution in [2.24, 2.45) is 0 Å². The Morgan fingerprint density at radius 1 is 1.31 bits per heavy atom. The molecule has 2 rings (SSSR count). The molecule has 0 atom stereocenters. The number of hydrogen-bond acceptors (Lipinski definition) is 3. The molecule has 1 heterocycles. The van der Waals surface area contributed by atoms with Gasteiger partial charge in [-0.1, -0.05) is 6.07 Å². The van der Waals surface area contributed by atoms with Crippen LogP contribution < -0.4 is 10.1 Å². The van der Waals surface area contributed by atoms with Gasteiger partial charge in [-0.15, -0.1) is 0 Å². The molecule has 0 spiro atoms. The number of pyridine rings is 1. The van der Waals surface area contributed by atoms with Gasteiger partial charge in [-0.3, -0.25) is 0 Å². The molecule has 16 heavy (non-hydrogen) atoms. The number of nitrogens with one attached hydrogen (secondary N) is 1.